The minimum Gasteiger partial charge on any atom is -0.502 e. The van der Waals surface area contributed by atoms with Crippen LogP contribution in [0, 0.1) is 13.8 Å². The third kappa shape index (κ3) is 2.70. The van der Waals surface area contributed by atoms with Gasteiger partial charge in [-0.25, -0.2) is 4.98 Å². The Hall–Kier alpha value is -2.80. The molecule has 0 saturated heterocycles. The molecule has 0 fully saturated rings. The number of phenolic OH excluding ortho intramolecular Hbond substituents is 1. The summed E-state index contributed by atoms with van der Waals surface area (Å²) < 4.78 is 12.2. The van der Waals surface area contributed by atoms with Crippen molar-refractivity contribution in [2.45, 2.75) is 26.8 Å². The van der Waals surface area contributed by atoms with Crippen molar-refractivity contribution < 1.29 is 14.6 Å². The van der Waals surface area contributed by atoms with Crippen molar-refractivity contribution in [1.82, 2.24) is 9.55 Å². The maximum absolute atomic E-state index is 12.9. The number of ether oxygens (including phenoxy) is 2. The number of benzene rings is 1. The lowest BCUT2D eigenvalue weighted by molar-refractivity contribution is 0.340. The molecule has 0 bridgehead atoms. The lowest BCUT2D eigenvalue weighted by Crippen LogP contribution is -2.20. The molecule has 0 unspecified atom stereocenters. The van der Waals surface area contributed by atoms with E-state index in [0.29, 0.717) is 23.9 Å². The number of methoxy groups -OCH3 is 2. The third-order valence-electron chi connectivity index (χ3n) is 5.02. The molecule has 1 N–H and O–H groups in total. The Morgan fingerprint density at radius 1 is 1.22 bits per heavy atom. The monoisotopic (exact) mass is 384 g/mol. The average molecular weight is 384 g/mol. The van der Waals surface area contributed by atoms with Gasteiger partial charge in [0.1, 0.15) is 10.7 Å². The standard InChI is InChI=1S/C20H20N2O4S/c1-10-11(2)27-19-16(10)20(24)22-6-5-13(18(22)21-19)7-12-8-14(25-3)17(23)15(9-12)26-4/h7-9,23H,5-6H2,1-4H3/b13-7-. The second-order valence-electron chi connectivity index (χ2n) is 6.55. The van der Waals surface area contributed by atoms with E-state index >= 15 is 0 Å². The molecule has 2 aromatic heterocycles. The largest absolute Gasteiger partial charge is 0.502 e. The highest BCUT2D eigenvalue weighted by molar-refractivity contribution is 7.18. The van der Waals surface area contributed by atoms with Crippen LogP contribution < -0.4 is 15.0 Å². The minimum atomic E-state index is -0.0328. The van der Waals surface area contributed by atoms with Crippen molar-refractivity contribution in [1.29, 1.82) is 0 Å². The number of aromatic hydroxyl groups is 1. The van der Waals surface area contributed by atoms with Gasteiger partial charge in [-0.1, -0.05) is 0 Å². The number of hydrogen-bond acceptors (Lipinski definition) is 6. The Morgan fingerprint density at radius 2 is 1.89 bits per heavy atom. The van der Waals surface area contributed by atoms with Gasteiger partial charge in [0, 0.05) is 11.4 Å². The van der Waals surface area contributed by atoms with Crippen molar-refractivity contribution in [3.8, 4) is 17.2 Å². The van der Waals surface area contributed by atoms with Gasteiger partial charge in [-0.15, -0.1) is 11.3 Å². The zero-order chi connectivity index (χ0) is 19.3. The predicted molar refractivity (Wildman–Crippen MR) is 107 cm³/mol. The molecule has 0 amide bonds. The summed E-state index contributed by atoms with van der Waals surface area (Å²) in [6.07, 6.45) is 2.69. The summed E-state index contributed by atoms with van der Waals surface area (Å²) >= 11 is 1.56. The van der Waals surface area contributed by atoms with Gasteiger partial charge >= 0.3 is 0 Å². The predicted octanol–water partition coefficient (Wildman–Crippen LogP) is 3.74. The van der Waals surface area contributed by atoms with Gasteiger partial charge in [0.05, 0.1) is 19.6 Å². The van der Waals surface area contributed by atoms with E-state index in [-0.39, 0.29) is 11.3 Å². The second kappa shape index (κ2) is 6.42. The Bertz CT molecular complexity index is 1130. The highest BCUT2D eigenvalue weighted by atomic mass is 32.1. The van der Waals surface area contributed by atoms with E-state index in [9.17, 15) is 9.90 Å². The van der Waals surface area contributed by atoms with Crippen LogP contribution in [0.15, 0.2) is 16.9 Å². The Kier molecular flexibility index (Phi) is 4.19. The topological polar surface area (TPSA) is 73.6 Å². The number of thiophene rings is 1. The molecule has 27 heavy (non-hydrogen) atoms. The van der Waals surface area contributed by atoms with E-state index in [4.69, 9.17) is 14.5 Å². The summed E-state index contributed by atoms with van der Waals surface area (Å²) in [5, 5.41) is 10.8. The highest BCUT2D eigenvalue weighted by Crippen LogP contribution is 2.39. The van der Waals surface area contributed by atoms with Crippen LogP contribution >= 0.6 is 11.3 Å². The van der Waals surface area contributed by atoms with Crippen LogP contribution in [0.2, 0.25) is 0 Å². The van der Waals surface area contributed by atoms with Gasteiger partial charge in [-0.3, -0.25) is 9.36 Å². The number of aromatic nitrogens is 2. The van der Waals surface area contributed by atoms with Crippen LogP contribution in [0.1, 0.15) is 28.2 Å². The lowest BCUT2D eigenvalue weighted by Gasteiger charge is -2.10. The van der Waals surface area contributed by atoms with Crippen molar-refractivity contribution in [3.63, 3.8) is 0 Å². The van der Waals surface area contributed by atoms with Gasteiger partial charge in [-0.2, -0.15) is 0 Å². The summed E-state index contributed by atoms with van der Waals surface area (Å²) in [7, 11) is 2.99. The van der Waals surface area contributed by atoms with Gasteiger partial charge in [0.2, 0.25) is 5.75 Å². The Morgan fingerprint density at radius 3 is 2.52 bits per heavy atom. The number of hydrogen-bond donors (Lipinski definition) is 1. The summed E-state index contributed by atoms with van der Waals surface area (Å²) in [6, 6.07) is 3.48. The van der Waals surface area contributed by atoms with E-state index in [1.165, 1.54) is 14.2 Å². The number of rotatable bonds is 3. The molecule has 140 valence electrons. The Labute approximate surface area is 160 Å². The van der Waals surface area contributed by atoms with Crippen LogP contribution in [-0.4, -0.2) is 28.9 Å². The van der Waals surface area contributed by atoms with E-state index in [0.717, 1.165) is 38.2 Å². The zero-order valence-corrected chi connectivity index (χ0v) is 16.4. The number of allylic oxidation sites excluding steroid dienone is 1. The molecule has 1 aliphatic heterocycles. The first-order valence-corrected chi connectivity index (χ1v) is 9.42. The number of nitrogens with zero attached hydrogens (tertiary/aromatic N) is 2. The second-order valence-corrected chi connectivity index (χ2v) is 7.75. The first kappa shape index (κ1) is 17.6. The third-order valence-corrected chi connectivity index (χ3v) is 6.12. The summed E-state index contributed by atoms with van der Waals surface area (Å²) in [6.45, 7) is 4.61. The smallest absolute Gasteiger partial charge is 0.262 e. The average Bonchev–Trinajstić information content (AvgIpc) is 3.18. The Balaban J connectivity index is 1.88. The molecular formula is C20H20N2O4S. The van der Waals surface area contributed by atoms with Gasteiger partial charge in [-0.05, 0) is 55.2 Å². The number of phenols is 1. The van der Waals surface area contributed by atoms with Crippen molar-refractivity contribution >= 4 is 33.2 Å². The summed E-state index contributed by atoms with van der Waals surface area (Å²) in [4.78, 5) is 19.6. The quantitative estimate of drug-likeness (QED) is 0.745. The fourth-order valence-corrected chi connectivity index (χ4v) is 4.48. The van der Waals surface area contributed by atoms with Crippen LogP contribution in [0.25, 0.3) is 21.9 Å². The van der Waals surface area contributed by atoms with Crippen LogP contribution in [0.5, 0.6) is 17.2 Å². The molecular weight excluding hydrogens is 364 g/mol. The first-order chi connectivity index (χ1) is 12.9. The first-order valence-electron chi connectivity index (χ1n) is 8.61. The van der Waals surface area contributed by atoms with Crippen LogP contribution in [0.3, 0.4) is 0 Å². The molecule has 0 spiro atoms. The fraction of sp³-hybridized carbons (Fsp3) is 0.300. The van der Waals surface area contributed by atoms with Crippen LogP contribution in [-0.2, 0) is 6.54 Å². The molecule has 6 nitrogen and oxygen atoms in total. The molecule has 0 saturated carbocycles. The van der Waals surface area contributed by atoms with E-state index in [2.05, 4.69) is 0 Å². The van der Waals surface area contributed by atoms with Gasteiger partial charge < -0.3 is 14.6 Å². The highest BCUT2D eigenvalue weighted by Gasteiger charge is 2.23. The molecule has 0 aliphatic carbocycles. The molecule has 0 radical (unpaired) electrons. The minimum absolute atomic E-state index is 0.0288. The van der Waals surface area contributed by atoms with Crippen LogP contribution in [0.4, 0.5) is 0 Å². The molecule has 0 atom stereocenters. The molecule has 3 aromatic rings. The van der Waals surface area contributed by atoms with Crippen molar-refractivity contribution in [3.05, 3.63) is 44.3 Å². The van der Waals surface area contributed by atoms with E-state index in [1.807, 2.05) is 19.9 Å². The molecule has 7 heteroatoms. The van der Waals surface area contributed by atoms with Gasteiger partial charge in [0.15, 0.2) is 11.5 Å². The molecule has 4 rings (SSSR count). The van der Waals surface area contributed by atoms with Crippen molar-refractivity contribution in [2.24, 2.45) is 0 Å². The van der Waals surface area contributed by atoms with E-state index in [1.54, 1.807) is 28.0 Å². The maximum atomic E-state index is 12.9. The van der Waals surface area contributed by atoms with E-state index < -0.39 is 0 Å². The van der Waals surface area contributed by atoms with Crippen molar-refractivity contribution in [2.75, 3.05) is 14.2 Å². The molecule has 1 aliphatic rings. The molecule has 1 aromatic carbocycles. The lowest BCUT2D eigenvalue weighted by atomic mass is 10.1. The SMILES string of the molecule is COc1cc(/C=C2/CCn3c2nc2sc(C)c(C)c2c3=O)cc(OC)c1O. The number of aryl methyl sites for hydroxylation is 2. The summed E-state index contributed by atoms with van der Waals surface area (Å²) in [5.74, 6) is 1.35. The fourth-order valence-electron chi connectivity index (χ4n) is 3.46. The zero-order valence-electron chi connectivity index (χ0n) is 15.6. The molecule has 3 heterocycles. The maximum Gasteiger partial charge on any atom is 0.262 e. The summed E-state index contributed by atoms with van der Waals surface area (Å²) in [5.41, 5.74) is 2.85. The normalized spacial score (nSPS) is 14.7. The number of fused-ring (bicyclic) bond motifs is 2. The van der Waals surface area contributed by atoms with Gasteiger partial charge in [0.25, 0.3) is 5.56 Å².